The molecule has 0 fully saturated rings. The number of ether oxygens (including phenoxy) is 2. The van der Waals surface area contributed by atoms with E-state index < -0.39 is 11.9 Å². The van der Waals surface area contributed by atoms with Crippen molar-refractivity contribution in [3.8, 4) is 5.75 Å². The highest BCUT2D eigenvalue weighted by Gasteiger charge is 2.08. The Labute approximate surface area is 121 Å². The Morgan fingerprint density at radius 2 is 1.43 bits per heavy atom. The summed E-state index contributed by atoms with van der Waals surface area (Å²) in [4.78, 5) is 23.0. The molecule has 0 aliphatic heterocycles. The summed E-state index contributed by atoms with van der Waals surface area (Å²) in [5.74, 6) is -0.806. The van der Waals surface area contributed by atoms with Gasteiger partial charge in [-0.1, -0.05) is 12.1 Å². The van der Waals surface area contributed by atoms with Crippen molar-refractivity contribution in [1.82, 2.24) is 0 Å². The minimum Gasteiger partial charge on any atom is -0.508 e. The number of rotatable bonds is 4. The molecule has 0 aliphatic rings. The molecule has 1 N–H and O–H groups in total. The average Bonchev–Trinajstić information content (AvgIpc) is 2.53. The van der Waals surface area contributed by atoms with Crippen LogP contribution < -0.4 is 0 Å². The summed E-state index contributed by atoms with van der Waals surface area (Å²) in [7, 11) is 1.32. The van der Waals surface area contributed by atoms with Gasteiger partial charge < -0.3 is 14.6 Å². The zero-order valence-electron chi connectivity index (χ0n) is 11.4. The lowest BCUT2D eigenvalue weighted by atomic mass is 10.1. The van der Waals surface area contributed by atoms with Gasteiger partial charge in [-0.3, -0.25) is 0 Å². The summed E-state index contributed by atoms with van der Waals surface area (Å²) < 4.78 is 9.74. The third-order valence-electron chi connectivity index (χ3n) is 2.85. The molecule has 0 atom stereocenters. The van der Waals surface area contributed by atoms with Gasteiger partial charge in [-0.25, -0.2) is 9.59 Å². The molecule has 0 aromatic heterocycles. The van der Waals surface area contributed by atoms with Crippen LogP contribution in [-0.2, 0) is 16.1 Å². The molecule has 21 heavy (non-hydrogen) atoms. The first-order valence-corrected chi connectivity index (χ1v) is 6.23. The lowest BCUT2D eigenvalue weighted by Gasteiger charge is -2.06. The van der Waals surface area contributed by atoms with Crippen LogP contribution in [0.3, 0.4) is 0 Å². The molecule has 2 aromatic carbocycles. The second-order valence-corrected chi connectivity index (χ2v) is 4.31. The number of carbonyl (C=O) groups is 2. The summed E-state index contributed by atoms with van der Waals surface area (Å²) in [5, 5.41) is 9.15. The molecule has 2 aromatic rings. The van der Waals surface area contributed by atoms with Crippen LogP contribution in [0.4, 0.5) is 0 Å². The fourth-order valence-corrected chi connectivity index (χ4v) is 1.68. The highest BCUT2D eigenvalue weighted by Crippen LogP contribution is 2.12. The van der Waals surface area contributed by atoms with Gasteiger partial charge in [0.25, 0.3) is 0 Å². The van der Waals surface area contributed by atoms with Crippen LogP contribution in [0, 0.1) is 0 Å². The van der Waals surface area contributed by atoms with Gasteiger partial charge in [0.2, 0.25) is 0 Å². The van der Waals surface area contributed by atoms with Crippen molar-refractivity contribution in [2.45, 2.75) is 6.61 Å². The van der Waals surface area contributed by atoms with Crippen LogP contribution in [0.2, 0.25) is 0 Å². The molecular formula is C16H14O5. The summed E-state index contributed by atoms with van der Waals surface area (Å²) in [6.45, 7) is 0.0984. The third kappa shape index (κ3) is 3.82. The largest absolute Gasteiger partial charge is 0.508 e. The molecule has 0 saturated heterocycles. The third-order valence-corrected chi connectivity index (χ3v) is 2.85. The van der Waals surface area contributed by atoms with E-state index in [1.54, 1.807) is 24.3 Å². The molecule has 0 amide bonds. The molecule has 0 radical (unpaired) electrons. The number of hydrogen-bond acceptors (Lipinski definition) is 5. The van der Waals surface area contributed by atoms with Gasteiger partial charge in [0.15, 0.2) is 0 Å². The molecule has 5 nitrogen and oxygen atoms in total. The van der Waals surface area contributed by atoms with Crippen molar-refractivity contribution in [3.63, 3.8) is 0 Å². The number of hydrogen-bond donors (Lipinski definition) is 1. The maximum absolute atomic E-state index is 11.8. The first kappa shape index (κ1) is 14.6. The van der Waals surface area contributed by atoms with E-state index >= 15 is 0 Å². The van der Waals surface area contributed by atoms with Crippen LogP contribution >= 0.6 is 0 Å². The lowest BCUT2D eigenvalue weighted by molar-refractivity contribution is 0.0471. The smallest absolute Gasteiger partial charge is 0.338 e. The van der Waals surface area contributed by atoms with Crippen molar-refractivity contribution in [2.75, 3.05) is 7.11 Å². The standard InChI is InChI=1S/C16H14O5/c1-20-15(18)12-4-2-11(3-5-12)10-21-16(19)13-6-8-14(17)9-7-13/h2-9,17H,10H2,1H3. The number of phenolic OH excluding ortho intramolecular Hbond substituents is 1. The SMILES string of the molecule is COC(=O)c1ccc(COC(=O)c2ccc(O)cc2)cc1. The summed E-state index contributed by atoms with van der Waals surface area (Å²) >= 11 is 0. The second kappa shape index (κ2) is 6.56. The van der Waals surface area contributed by atoms with Crippen molar-refractivity contribution in [1.29, 1.82) is 0 Å². The maximum atomic E-state index is 11.8. The topological polar surface area (TPSA) is 72.8 Å². The predicted octanol–water partition coefficient (Wildman–Crippen LogP) is 2.54. The number of aromatic hydroxyl groups is 1. The van der Waals surface area contributed by atoms with E-state index in [1.165, 1.54) is 31.4 Å². The van der Waals surface area contributed by atoms with Gasteiger partial charge >= 0.3 is 11.9 Å². The first-order valence-electron chi connectivity index (χ1n) is 6.23. The molecule has 0 unspecified atom stereocenters. The van der Waals surface area contributed by atoms with Crippen LogP contribution in [0.5, 0.6) is 5.75 Å². The molecule has 108 valence electrons. The van der Waals surface area contributed by atoms with Crippen LogP contribution in [-0.4, -0.2) is 24.2 Å². The molecule has 0 saturated carbocycles. The van der Waals surface area contributed by atoms with Crippen molar-refractivity contribution in [2.24, 2.45) is 0 Å². The van der Waals surface area contributed by atoms with Crippen molar-refractivity contribution < 1.29 is 24.2 Å². The quantitative estimate of drug-likeness (QED) is 0.874. The first-order chi connectivity index (χ1) is 10.1. The van der Waals surface area contributed by atoms with E-state index in [9.17, 15) is 9.59 Å². The van der Waals surface area contributed by atoms with E-state index in [0.717, 1.165) is 5.56 Å². The molecular weight excluding hydrogens is 272 g/mol. The van der Waals surface area contributed by atoms with E-state index in [2.05, 4.69) is 4.74 Å². The van der Waals surface area contributed by atoms with Gasteiger partial charge in [-0.05, 0) is 42.0 Å². The number of methoxy groups -OCH3 is 1. The Morgan fingerprint density at radius 1 is 0.905 bits per heavy atom. The Bertz CT molecular complexity index is 629. The van der Waals surface area contributed by atoms with E-state index in [-0.39, 0.29) is 12.4 Å². The fourth-order valence-electron chi connectivity index (χ4n) is 1.68. The van der Waals surface area contributed by atoms with Gasteiger partial charge in [0, 0.05) is 0 Å². The number of esters is 2. The normalized spacial score (nSPS) is 9.95. The molecule has 0 heterocycles. The molecule has 2 rings (SSSR count). The number of benzene rings is 2. The lowest BCUT2D eigenvalue weighted by Crippen LogP contribution is -2.05. The van der Waals surface area contributed by atoms with E-state index in [1.807, 2.05) is 0 Å². The predicted molar refractivity (Wildman–Crippen MR) is 75.0 cm³/mol. The van der Waals surface area contributed by atoms with Crippen LogP contribution in [0.15, 0.2) is 48.5 Å². The molecule has 0 spiro atoms. The Balaban J connectivity index is 1.95. The van der Waals surface area contributed by atoms with Gasteiger partial charge in [0.1, 0.15) is 12.4 Å². The molecule has 5 heteroatoms. The summed E-state index contributed by atoms with van der Waals surface area (Å²) in [6.07, 6.45) is 0. The second-order valence-electron chi connectivity index (χ2n) is 4.31. The highest BCUT2D eigenvalue weighted by molar-refractivity contribution is 5.90. The Kier molecular flexibility index (Phi) is 4.56. The zero-order valence-corrected chi connectivity index (χ0v) is 11.4. The van der Waals surface area contributed by atoms with Crippen LogP contribution in [0.1, 0.15) is 26.3 Å². The maximum Gasteiger partial charge on any atom is 0.338 e. The van der Waals surface area contributed by atoms with Gasteiger partial charge in [0.05, 0.1) is 18.2 Å². The van der Waals surface area contributed by atoms with Crippen molar-refractivity contribution >= 4 is 11.9 Å². The van der Waals surface area contributed by atoms with Crippen LogP contribution in [0.25, 0.3) is 0 Å². The summed E-state index contributed by atoms with van der Waals surface area (Å²) in [6, 6.07) is 12.4. The monoisotopic (exact) mass is 286 g/mol. The Morgan fingerprint density at radius 3 is 2.00 bits per heavy atom. The van der Waals surface area contributed by atoms with Gasteiger partial charge in [-0.2, -0.15) is 0 Å². The number of carbonyl (C=O) groups excluding carboxylic acids is 2. The zero-order chi connectivity index (χ0) is 15.2. The summed E-state index contributed by atoms with van der Waals surface area (Å²) in [5.41, 5.74) is 1.56. The minimum atomic E-state index is -0.480. The number of phenols is 1. The van der Waals surface area contributed by atoms with E-state index in [0.29, 0.717) is 11.1 Å². The molecule has 0 bridgehead atoms. The fraction of sp³-hybridized carbons (Fsp3) is 0.125. The highest BCUT2D eigenvalue weighted by atomic mass is 16.5. The average molecular weight is 286 g/mol. The van der Waals surface area contributed by atoms with Gasteiger partial charge in [-0.15, -0.1) is 0 Å². The molecule has 0 aliphatic carbocycles. The minimum absolute atomic E-state index is 0.0879. The van der Waals surface area contributed by atoms with Crippen molar-refractivity contribution in [3.05, 3.63) is 65.2 Å². The Hall–Kier alpha value is -2.82. The van der Waals surface area contributed by atoms with E-state index in [4.69, 9.17) is 9.84 Å².